The molecule has 0 fully saturated rings. The van der Waals surface area contributed by atoms with Crippen molar-refractivity contribution in [3.63, 3.8) is 0 Å². The van der Waals surface area contributed by atoms with Crippen molar-refractivity contribution in [2.24, 2.45) is 0 Å². The van der Waals surface area contributed by atoms with E-state index in [1.807, 2.05) is 31.1 Å². The molecule has 21 heavy (non-hydrogen) atoms. The quantitative estimate of drug-likeness (QED) is 0.746. The molecule has 0 heterocycles. The summed E-state index contributed by atoms with van der Waals surface area (Å²) < 4.78 is 10.6. The van der Waals surface area contributed by atoms with Gasteiger partial charge in [0.1, 0.15) is 11.5 Å². The van der Waals surface area contributed by atoms with Crippen molar-refractivity contribution in [1.29, 1.82) is 0 Å². The largest absolute Gasteiger partial charge is 0.497 e. The summed E-state index contributed by atoms with van der Waals surface area (Å²) in [5.41, 5.74) is 0.876. The van der Waals surface area contributed by atoms with Crippen LogP contribution in [-0.4, -0.2) is 63.9 Å². The summed E-state index contributed by atoms with van der Waals surface area (Å²) in [5, 5.41) is 8.91. The SMILES string of the molecule is COc1ccc(N(CCC(=O)O)CCN(C)C)c(OC)c1. The molecule has 0 aliphatic rings. The Kier molecular flexibility index (Phi) is 6.81. The maximum atomic E-state index is 10.8. The van der Waals surface area contributed by atoms with Gasteiger partial charge in [-0.2, -0.15) is 0 Å². The molecule has 0 aliphatic heterocycles. The van der Waals surface area contributed by atoms with Crippen LogP contribution < -0.4 is 14.4 Å². The van der Waals surface area contributed by atoms with Crippen LogP contribution in [0.4, 0.5) is 5.69 Å². The van der Waals surface area contributed by atoms with E-state index in [-0.39, 0.29) is 6.42 Å². The Balaban J connectivity index is 2.96. The first-order valence-electron chi connectivity index (χ1n) is 6.81. The van der Waals surface area contributed by atoms with E-state index >= 15 is 0 Å². The number of aliphatic carboxylic acids is 1. The number of nitrogens with zero attached hydrogens (tertiary/aromatic N) is 2. The van der Waals surface area contributed by atoms with E-state index in [1.165, 1.54) is 0 Å². The van der Waals surface area contributed by atoms with Gasteiger partial charge in [-0.3, -0.25) is 4.79 Å². The number of methoxy groups -OCH3 is 2. The van der Waals surface area contributed by atoms with Gasteiger partial charge in [0.2, 0.25) is 0 Å². The van der Waals surface area contributed by atoms with Gasteiger partial charge in [0, 0.05) is 25.7 Å². The molecular formula is C15H24N2O4. The van der Waals surface area contributed by atoms with Crippen molar-refractivity contribution in [2.45, 2.75) is 6.42 Å². The van der Waals surface area contributed by atoms with Gasteiger partial charge in [-0.25, -0.2) is 0 Å². The molecule has 1 N–H and O–H groups in total. The molecule has 0 saturated heterocycles. The second-order valence-electron chi connectivity index (χ2n) is 4.97. The molecule has 0 radical (unpaired) electrons. The van der Waals surface area contributed by atoms with E-state index in [9.17, 15) is 4.79 Å². The summed E-state index contributed by atoms with van der Waals surface area (Å²) in [5.74, 6) is 0.581. The average Bonchev–Trinajstić information content (AvgIpc) is 2.46. The van der Waals surface area contributed by atoms with Gasteiger partial charge in [0.25, 0.3) is 0 Å². The summed E-state index contributed by atoms with van der Waals surface area (Å²) in [7, 11) is 7.17. The fraction of sp³-hybridized carbons (Fsp3) is 0.533. The third-order valence-corrected chi connectivity index (χ3v) is 3.14. The lowest BCUT2D eigenvalue weighted by atomic mass is 10.2. The molecule has 118 valence electrons. The Hall–Kier alpha value is -1.95. The normalized spacial score (nSPS) is 10.5. The van der Waals surface area contributed by atoms with E-state index in [4.69, 9.17) is 14.6 Å². The highest BCUT2D eigenvalue weighted by Gasteiger charge is 2.14. The Morgan fingerprint density at radius 3 is 2.38 bits per heavy atom. The van der Waals surface area contributed by atoms with E-state index in [0.717, 1.165) is 18.8 Å². The fourth-order valence-corrected chi connectivity index (χ4v) is 1.95. The molecule has 1 aromatic rings. The summed E-state index contributed by atoms with van der Waals surface area (Å²) in [4.78, 5) is 14.9. The topological polar surface area (TPSA) is 62.2 Å². The molecule has 6 heteroatoms. The highest BCUT2D eigenvalue weighted by Crippen LogP contribution is 2.32. The number of carboxylic acids is 1. The fourth-order valence-electron chi connectivity index (χ4n) is 1.95. The molecule has 0 amide bonds. The van der Waals surface area contributed by atoms with Gasteiger partial charge in [-0.15, -0.1) is 0 Å². The number of anilines is 1. The lowest BCUT2D eigenvalue weighted by Gasteiger charge is -2.27. The lowest BCUT2D eigenvalue weighted by molar-refractivity contribution is -0.136. The van der Waals surface area contributed by atoms with Gasteiger partial charge in [0.05, 0.1) is 26.3 Å². The van der Waals surface area contributed by atoms with Crippen molar-refractivity contribution in [3.05, 3.63) is 18.2 Å². The molecule has 0 aliphatic carbocycles. The minimum Gasteiger partial charge on any atom is -0.497 e. The van der Waals surface area contributed by atoms with Gasteiger partial charge in [-0.05, 0) is 26.2 Å². The smallest absolute Gasteiger partial charge is 0.305 e. The Labute approximate surface area is 125 Å². The van der Waals surface area contributed by atoms with Gasteiger partial charge < -0.3 is 24.4 Å². The Morgan fingerprint density at radius 2 is 1.86 bits per heavy atom. The third kappa shape index (κ3) is 5.51. The summed E-state index contributed by atoms with van der Waals surface area (Å²) >= 11 is 0. The summed E-state index contributed by atoms with van der Waals surface area (Å²) in [6.45, 7) is 1.99. The molecule has 0 bridgehead atoms. The van der Waals surface area contributed by atoms with Crippen LogP contribution in [0.1, 0.15) is 6.42 Å². The molecule has 1 rings (SSSR count). The Morgan fingerprint density at radius 1 is 1.14 bits per heavy atom. The minimum atomic E-state index is -0.808. The number of hydrogen-bond acceptors (Lipinski definition) is 5. The highest BCUT2D eigenvalue weighted by atomic mass is 16.5. The number of carboxylic acid groups (broad SMARTS) is 1. The first-order valence-corrected chi connectivity index (χ1v) is 6.81. The third-order valence-electron chi connectivity index (χ3n) is 3.14. The number of ether oxygens (including phenoxy) is 2. The van der Waals surface area contributed by atoms with Gasteiger partial charge >= 0.3 is 5.97 Å². The zero-order valence-electron chi connectivity index (χ0n) is 13.1. The first-order chi connectivity index (χ1) is 9.97. The van der Waals surface area contributed by atoms with E-state index < -0.39 is 5.97 Å². The van der Waals surface area contributed by atoms with E-state index in [1.54, 1.807) is 20.3 Å². The number of hydrogen-bond donors (Lipinski definition) is 1. The second kappa shape index (κ2) is 8.36. The van der Waals surface area contributed by atoms with Crippen molar-refractivity contribution >= 4 is 11.7 Å². The maximum Gasteiger partial charge on any atom is 0.305 e. The molecule has 0 aromatic heterocycles. The molecule has 0 atom stereocenters. The van der Waals surface area contributed by atoms with Crippen LogP contribution in [0.3, 0.4) is 0 Å². The zero-order valence-corrected chi connectivity index (χ0v) is 13.1. The number of carbonyl (C=O) groups is 1. The van der Waals surface area contributed by atoms with Crippen LogP contribution in [0.25, 0.3) is 0 Å². The zero-order chi connectivity index (χ0) is 15.8. The number of likely N-dealkylation sites (N-methyl/N-ethyl adjacent to an activating group) is 1. The van der Waals surface area contributed by atoms with Crippen molar-refractivity contribution in [1.82, 2.24) is 4.90 Å². The predicted octanol–water partition coefficient (Wildman–Crippen LogP) is 1.55. The van der Waals surface area contributed by atoms with E-state index in [2.05, 4.69) is 4.90 Å². The van der Waals surface area contributed by atoms with Crippen LogP contribution in [0.2, 0.25) is 0 Å². The predicted molar refractivity (Wildman–Crippen MR) is 82.6 cm³/mol. The molecule has 6 nitrogen and oxygen atoms in total. The van der Waals surface area contributed by atoms with Gasteiger partial charge in [-0.1, -0.05) is 0 Å². The first kappa shape index (κ1) is 17.1. The van der Waals surface area contributed by atoms with Crippen molar-refractivity contribution in [2.75, 3.05) is 52.8 Å². The van der Waals surface area contributed by atoms with E-state index in [0.29, 0.717) is 18.0 Å². The number of rotatable bonds is 9. The molecule has 0 saturated carbocycles. The van der Waals surface area contributed by atoms with Crippen LogP contribution in [0.5, 0.6) is 11.5 Å². The van der Waals surface area contributed by atoms with Crippen LogP contribution in [0.15, 0.2) is 18.2 Å². The van der Waals surface area contributed by atoms with Gasteiger partial charge in [0.15, 0.2) is 0 Å². The summed E-state index contributed by atoms with van der Waals surface area (Å²) in [6, 6.07) is 5.55. The molecule has 1 aromatic carbocycles. The van der Waals surface area contributed by atoms with Crippen LogP contribution in [0, 0.1) is 0 Å². The minimum absolute atomic E-state index is 0.0859. The molecular weight excluding hydrogens is 272 g/mol. The number of benzene rings is 1. The van der Waals surface area contributed by atoms with Crippen LogP contribution in [-0.2, 0) is 4.79 Å². The highest BCUT2D eigenvalue weighted by molar-refractivity contribution is 5.68. The van der Waals surface area contributed by atoms with Crippen molar-refractivity contribution in [3.8, 4) is 11.5 Å². The molecule has 0 unspecified atom stereocenters. The standard InChI is InChI=1S/C15H24N2O4/c1-16(2)9-10-17(8-7-15(18)19)13-6-5-12(20-3)11-14(13)21-4/h5-6,11H,7-10H2,1-4H3,(H,18,19). The second-order valence-corrected chi connectivity index (χ2v) is 4.97. The van der Waals surface area contributed by atoms with Crippen LogP contribution >= 0.6 is 0 Å². The monoisotopic (exact) mass is 296 g/mol. The lowest BCUT2D eigenvalue weighted by Crippen LogP contribution is -2.33. The maximum absolute atomic E-state index is 10.8. The Bertz CT molecular complexity index is 463. The average molecular weight is 296 g/mol. The molecule has 0 spiro atoms. The summed E-state index contributed by atoms with van der Waals surface area (Å²) in [6.07, 6.45) is 0.0859. The van der Waals surface area contributed by atoms with Crippen molar-refractivity contribution < 1.29 is 19.4 Å².